The fourth-order valence-electron chi connectivity index (χ4n) is 10.1. The van der Waals surface area contributed by atoms with Gasteiger partial charge in [0.25, 0.3) is 0 Å². The quantitative estimate of drug-likeness (QED) is 0.0134. The van der Waals surface area contributed by atoms with Crippen LogP contribution >= 0.6 is 0 Å². The lowest BCUT2D eigenvalue weighted by Crippen LogP contribution is -2.56. The third-order valence-electron chi connectivity index (χ3n) is 17.5. The Kier molecular flexibility index (Phi) is 72.2. The first-order valence-corrected chi connectivity index (χ1v) is 45.2. The molecular weight excluding hydrogens is 1920 g/mol. The van der Waals surface area contributed by atoms with Crippen LogP contribution in [0.2, 0.25) is 0 Å². The molecule has 0 aliphatic rings. The van der Waals surface area contributed by atoms with E-state index in [1.807, 2.05) is 0 Å². The summed E-state index contributed by atoms with van der Waals surface area (Å²) in [5, 5.41) is 53.4. The third kappa shape index (κ3) is 76.0. The van der Waals surface area contributed by atoms with Crippen molar-refractivity contribution in [3.63, 3.8) is 0 Å². The van der Waals surface area contributed by atoms with Crippen molar-refractivity contribution in [2.75, 3.05) is 108 Å². The minimum atomic E-state index is -1.42. The number of aliphatic carboxylic acids is 2. The van der Waals surface area contributed by atoms with Gasteiger partial charge in [0.15, 0.2) is 11.6 Å². The van der Waals surface area contributed by atoms with Gasteiger partial charge in [0.1, 0.15) is 77.6 Å². The Morgan fingerprint density at radius 3 is 0.733 bits per heavy atom. The average molecular weight is 2090 g/mol. The third-order valence-corrected chi connectivity index (χ3v) is 17.5. The largest absolute Gasteiger partial charge is 0.677 e. The van der Waals surface area contributed by atoms with Gasteiger partial charge in [0.2, 0.25) is 35.4 Å². The van der Waals surface area contributed by atoms with Crippen molar-refractivity contribution in [2.24, 2.45) is 40.9 Å². The highest BCUT2D eigenvalue weighted by Crippen LogP contribution is 2.27. The first-order chi connectivity index (χ1) is 66.1. The van der Waals surface area contributed by atoms with E-state index in [4.69, 9.17) is 126 Å². The number of methoxy groups -OCH3 is 4. The molecule has 15 N–H and O–H groups in total. The lowest BCUT2D eigenvalue weighted by atomic mass is 9.85. The van der Waals surface area contributed by atoms with Crippen molar-refractivity contribution in [3.8, 4) is 61.7 Å². The molecule has 0 saturated heterocycles. The molecule has 0 rings (SSSR count). The molecule has 6 amide bonds. The van der Waals surface area contributed by atoms with Crippen LogP contribution in [0, 0.1) is 103 Å². The fourth-order valence-corrected chi connectivity index (χ4v) is 10.1. The number of Topliss-reactive ketones (excluding diaryl/α,β-unsaturated/α-hetero) is 2. The molecule has 0 radical (unpaired) electrons. The Morgan fingerprint density at radius 1 is 0.315 bits per heavy atom. The molecule has 0 aliphatic heterocycles. The lowest BCUT2D eigenvalue weighted by Gasteiger charge is -2.34. The Bertz CT molecular complexity index is 4430. The van der Waals surface area contributed by atoms with E-state index in [1.165, 1.54) is 139 Å². The highest BCUT2D eigenvalue weighted by molar-refractivity contribution is 6.00. The number of carboxylic acid groups (broad SMARTS) is 2. The fraction of sp³-hybridized carbons (Fsp3) is 0.700. The lowest BCUT2D eigenvalue weighted by molar-refractivity contribution is -0.161. The molecule has 6 atom stereocenters. The van der Waals surface area contributed by atoms with Crippen molar-refractivity contribution in [1.82, 2.24) is 31.9 Å². The number of carbonyl (C=O) groups excluding carboxylic acids is 18. The van der Waals surface area contributed by atoms with Gasteiger partial charge in [-0.15, -0.1) is 38.7 Å². The second-order valence-corrected chi connectivity index (χ2v) is 40.4. The Morgan fingerprint density at radius 2 is 0.521 bits per heavy atom. The highest BCUT2D eigenvalue weighted by Gasteiger charge is 2.44. The van der Waals surface area contributed by atoms with Gasteiger partial charge < -0.3 is 130 Å². The summed E-state index contributed by atoms with van der Waals surface area (Å²) in [6, 6.07) is 0. The number of hydrogen-bond donors (Lipinski definition) is 9. The molecule has 0 aromatic heterocycles. The summed E-state index contributed by atoms with van der Waals surface area (Å²) in [7, 11) is 4.87. The van der Waals surface area contributed by atoms with E-state index in [1.54, 1.807) is 96.9 Å². The number of aliphatic hydroxyl groups excluding tert-OH is 1. The summed E-state index contributed by atoms with van der Waals surface area (Å²) in [5.41, 5.74) is 2.16. The van der Waals surface area contributed by atoms with Gasteiger partial charge in [-0.1, -0.05) is 62.8 Å². The molecule has 0 fully saturated rings. The van der Waals surface area contributed by atoms with Gasteiger partial charge in [-0.2, -0.15) is 0 Å². The van der Waals surface area contributed by atoms with Crippen molar-refractivity contribution < 1.29 is 183 Å². The number of ether oxygens (including phenoxy) is 13. The number of carbonyl (C=O) groups is 20. The smallest absolute Gasteiger partial charge is 0.512 e. The molecule has 46 heteroatoms. The minimum Gasteiger partial charge on any atom is -0.677 e. The molecule has 0 spiro atoms. The van der Waals surface area contributed by atoms with Crippen LogP contribution in [-0.2, 0) is 157 Å². The summed E-state index contributed by atoms with van der Waals surface area (Å²) >= 11 is 0. The minimum absolute atomic E-state index is 0.0124. The van der Waals surface area contributed by atoms with Crippen molar-refractivity contribution in [3.05, 3.63) is 11.5 Å². The van der Waals surface area contributed by atoms with Crippen molar-refractivity contribution in [2.45, 2.75) is 307 Å². The zero-order chi connectivity index (χ0) is 117. The molecule has 0 aromatic carbocycles. The predicted octanol–water partition coefficient (Wildman–Crippen LogP) is 4.36. The number of terminal acetylenes is 5. The molecule has 0 unspecified atom stereocenters. The van der Waals surface area contributed by atoms with Crippen molar-refractivity contribution >= 4 is 119 Å². The average Bonchev–Trinajstić information content (AvgIpc) is 0.820. The number of nitrogens with one attached hydrogen (secondary N) is 8. The van der Waals surface area contributed by atoms with Gasteiger partial charge in [-0.05, 0) is 166 Å². The maximum absolute atomic E-state index is 13.2. The molecule has 0 heterocycles. The summed E-state index contributed by atoms with van der Waals surface area (Å²) in [5.74, 6) is -6.47. The Hall–Kier alpha value is -12.7. The van der Waals surface area contributed by atoms with Crippen LogP contribution < -0.4 is 31.9 Å². The first-order valence-electron chi connectivity index (χ1n) is 45.2. The van der Waals surface area contributed by atoms with Gasteiger partial charge in [-0.3, -0.25) is 67.1 Å². The summed E-state index contributed by atoms with van der Waals surface area (Å²) in [6.07, 6.45) is 24.0. The maximum Gasteiger partial charge on any atom is 0.512 e. The highest BCUT2D eigenvalue weighted by atomic mass is 16.6. The van der Waals surface area contributed by atoms with E-state index in [0.717, 1.165) is 0 Å². The van der Waals surface area contributed by atoms with Crippen LogP contribution in [0.1, 0.15) is 246 Å². The molecule has 46 nitrogen and oxygen atoms in total. The second-order valence-electron chi connectivity index (χ2n) is 40.4. The van der Waals surface area contributed by atoms with Crippen LogP contribution in [0.5, 0.6) is 0 Å². The maximum atomic E-state index is 13.2. The molecule has 146 heavy (non-hydrogen) atoms. The number of amides is 6. The Balaban J connectivity index is -0.000000263. The standard InChI is InChI=1S/C26H42N2O8.C20H32N3O6.C17H27NO6.C12H19N2O4.C12H18O5.C9H16O5.2C2H4O2/c1-12-13-35-16-17(20(31)27-26(9,10)22(33)34-11)14-18(29)25(7,8)28-21(32)24(5,6)15-19(30)36-23(2,3)4;1-9-10-29-12-13(15(25)22-20(6,7)17(27)28-8)11-14(24)19(4,5)23-16(26)18(2,3)21;1-8-9-23-11-12(10-13(19)24-16(2,3)4)14(20)18-17(5,6)15(21)22-7;1-5-6-18-8-9(7-13)10(15)14-12(2,3)11(16)17-4;1-5-6-16-8-9(11(14)15)7-10(13)17-12(2,3)4;1-9(2,3)14-7(11)4-6(5-10)8(12)13;2*1-2(3)4/h1,17H,13-16H2,2-11H3,(H,27,31)(H,28,32);1,13,21H,10-12H2,2-8H3,(H,22,25)(H,23,26);1,12H,9-11H2,2-7H3,(H,18,20);1,9,13H,6-8H2,2-4H3,(H,14,15);1,9H,6-8H2,2-4H3,(H,14,15);6,10H,4-5H2,1-3H3,(H,12,13);2*1H3,(H,3,4)/q;-1;;-1;;;;/p+2/t17-;13-;12-;2*9-;6-;;/m000000../s1. The molecule has 0 bridgehead atoms. The Labute approximate surface area is 859 Å². The molecule has 832 valence electrons. The van der Waals surface area contributed by atoms with E-state index >= 15 is 0 Å². The van der Waals surface area contributed by atoms with Crippen LogP contribution in [0.3, 0.4) is 0 Å². The van der Waals surface area contributed by atoms with E-state index in [0.29, 0.717) is 0 Å². The number of esters is 8. The van der Waals surface area contributed by atoms with Crippen LogP contribution in [0.15, 0.2) is 0 Å². The van der Waals surface area contributed by atoms with E-state index in [-0.39, 0.29) is 111 Å². The monoisotopic (exact) mass is 2090 g/mol. The van der Waals surface area contributed by atoms with Gasteiger partial charge >= 0.3 is 71.6 Å². The number of ketones is 2. The van der Waals surface area contributed by atoms with Crippen LogP contribution in [0.25, 0.3) is 11.5 Å². The number of rotatable bonds is 49. The van der Waals surface area contributed by atoms with Gasteiger partial charge in [-0.25, -0.2) is 19.2 Å². The van der Waals surface area contributed by atoms with Crippen LogP contribution in [0.4, 0.5) is 0 Å². The molecule has 0 saturated carbocycles. The topological polar surface area (TPSA) is 688 Å². The van der Waals surface area contributed by atoms with Crippen LogP contribution in [-0.4, -0.2) is 313 Å². The van der Waals surface area contributed by atoms with Crippen molar-refractivity contribution in [1.29, 1.82) is 0 Å². The number of carboxylic acids is 2. The van der Waals surface area contributed by atoms with Gasteiger partial charge in [0.05, 0.1) is 154 Å². The molecule has 0 aromatic rings. The number of hydrogen-bond acceptors (Lipinski definition) is 34. The SMILES string of the molecule is C#CCOC[C@H](CC(=O)C(C)(C)NC(=O)C(C)(C)CC(=O)OC(C)(C)C)C(=O)NC(C)(C)C(=O)OC.C#CCOC[C@H](CC(=O)C(C)(C)NC(=O)C(C)(C)[NH-])C(=O)NC(C)(C)C(=O)OC.C#CCOC[C@H](CC(=O)OC(C)(C)C)C(=O)NC(C)(C)C(=O)OC.C#CCOC[C@H](CC(=O)OC(C)(C)C)C(=O)O.C#CCOC[C@H](C[NH-])C(=O)NC(C)(C)C(=O)OC.CC(=O)[OH2+].CC(=O)[OH2+].CC(C)(C)OC(=O)C[C@@H](CO)C(=O)O. The zero-order valence-corrected chi connectivity index (χ0v) is 91.4. The summed E-state index contributed by atoms with van der Waals surface area (Å²) in [6.45, 7) is 45.8. The van der Waals surface area contributed by atoms with E-state index in [2.05, 4.69) is 75.7 Å². The molecule has 0 aliphatic carbocycles. The van der Waals surface area contributed by atoms with E-state index < -0.39 is 227 Å². The normalized spacial score (nSPS) is 12.5. The summed E-state index contributed by atoms with van der Waals surface area (Å²) in [4.78, 5) is 234. The van der Waals surface area contributed by atoms with E-state index in [9.17, 15) is 86.3 Å². The van der Waals surface area contributed by atoms with Gasteiger partial charge in [0, 0.05) is 28.3 Å². The predicted molar refractivity (Wildman–Crippen MR) is 534 cm³/mol. The zero-order valence-electron chi connectivity index (χ0n) is 91.4. The number of aliphatic hydroxyl groups is 1. The summed E-state index contributed by atoms with van der Waals surface area (Å²) < 4.78 is 64.7. The molecular formula is C100H164N8O38. The second kappa shape index (κ2) is 70.9. The first kappa shape index (κ1) is 149.